The van der Waals surface area contributed by atoms with E-state index < -0.39 is 0 Å². The fraction of sp³-hybridized carbons (Fsp3) is 0.357. The second-order valence-corrected chi connectivity index (χ2v) is 9.71. The highest BCUT2D eigenvalue weighted by atomic mass is 16.3. The molecule has 1 aliphatic heterocycles. The molecule has 0 spiro atoms. The van der Waals surface area contributed by atoms with E-state index >= 15 is 0 Å². The van der Waals surface area contributed by atoms with E-state index in [0.717, 1.165) is 48.4 Å². The first-order chi connectivity index (χ1) is 17.9. The molecule has 2 aromatic carbocycles. The molecule has 2 atom stereocenters. The molecule has 5 rings (SSSR count). The maximum absolute atomic E-state index is 13.0. The molecule has 3 heterocycles. The number of carbonyl (C=O) groups excluding carboxylic acids is 1. The standard InChI is InChI=1S/C28H33N7O2/c1-4-35-17-25-27(33-35)32-26(14-29-25)30-19(3)20-6-5-7-23(13-20)31-28(37)21-8-9-22(18(2)12-21)15-34-11-10-24(36)16-34/h5-9,12-14,17,19,24,36H,4,10-11,15-16H2,1-3H3,(H,31,37)(H,30,32,33)/t19-,24-/m0/s1. The smallest absolute Gasteiger partial charge is 0.255 e. The van der Waals surface area contributed by atoms with Crippen molar-refractivity contribution in [1.29, 1.82) is 0 Å². The van der Waals surface area contributed by atoms with Crippen molar-refractivity contribution in [3.8, 4) is 0 Å². The van der Waals surface area contributed by atoms with Crippen LogP contribution in [-0.2, 0) is 13.1 Å². The number of hydrogen-bond donors (Lipinski definition) is 3. The molecule has 0 saturated carbocycles. The quantitative estimate of drug-likeness (QED) is 0.334. The molecule has 0 radical (unpaired) electrons. The number of aryl methyl sites for hydroxylation is 2. The van der Waals surface area contributed by atoms with E-state index in [1.165, 1.54) is 5.56 Å². The zero-order valence-electron chi connectivity index (χ0n) is 21.5. The summed E-state index contributed by atoms with van der Waals surface area (Å²) in [6.45, 7) is 9.25. The van der Waals surface area contributed by atoms with Crippen LogP contribution in [-0.4, -0.2) is 54.9 Å². The average molecular weight is 500 g/mol. The Bertz CT molecular complexity index is 1420. The SMILES string of the molecule is CCn1cc2ncc(N[C@@H](C)c3cccc(NC(=O)c4ccc(CN5CC[C@H](O)C5)c(C)c4)c3)nc2n1. The van der Waals surface area contributed by atoms with E-state index in [-0.39, 0.29) is 18.1 Å². The molecule has 3 N–H and O–H groups in total. The summed E-state index contributed by atoms with van der Waals surface area (Å²) in [5.41, 5.74) is 5.99. The maximum atomic E-state index is 13.0. The van der Waals surface area contributed by atoms with Crippen LogP contribution in [0, 0.1) is 6.92 Å². The summed E-state index contributed by atoms with van der Waals surface area (Å²) in [6.07, 6.45) is 4.18. The summed E-state index contributed by atoms with van der Waals surface area (Å²) in [4.78, 5) is 24.3. The summed E-state index contributed by atoms with van der Waals surface area (Å²) in [6, 6.07) is 13.6. The van der Waals surface area contributed by atoms with Crippen LogP contribution in [0.3, 0.4) is 0 Å². The second kappa shape index (κ2) is 10.7. The lowest BCUT2D eigenvalue weighted by Gasteiger charge is -2.17. The largest absolute Gasteiger partial charge is 0.392 e. The van der Waals surface area contributed by atoms with Crippen molar-refractivity contribution >= 4 is 28.6 Å². The van der Waals surface area contributed by atoms with Gasteiger partial charge in [0.1, 0.15) is 11.3 Å². The van der Waals surface area contributed by atoms with Crippen molar-refractivity contribution in [3.63, 3.8) is 0 Å². The number of fused-ring (bicyclic) bond motifs is 1. The van der Waals surface area contributed by atoms with E-state index in [1.807, 2.05) is 74.1 Å². The average Bonchev–Trinajstić information content (AvgIpc) is 3.50. The van der Waals surface area contributed by atoms with E-state index in [1.54, 1.807) is 6.20 Å². The third-order valence-electron chi connectivity index (χ3n) is 6.85. The first-order valence-electron chi connectivity index (χ1n) is 12.8. The minimum Gasteiger partial charge on any atom is -0.392 e. The number of likely N-dealkylation sites (tertiary alicyclic amines) is 1. The minimum atomic E-state index is -0.235. The van der Waals surface area contributed by atoms with Crippen LogP contribution >= 0.6 is 0 Å². The molecule has 1 aliphatic rings. The topological polar surface area (TPSA) is 108 Å². The predicted octanol–water partition coefficient (Wildman–Crippen LogP) is 4.15. The fourth-order valence-electron chi connectivity index (χ4n) is 4.68. The van der Waals surface area contributed by atoms with Gasteiger partial charge in [0, 0.05) is 37.4 Å². The lowest BCUT2D eigenvalue weighted by molar-refractivity contribution is 0.102. The molecule has 0 bridgehead atoms. The molecule has 0 aliphatic carbocycles. The normalized spacial score (nSPS) is 16.7. The Hall–Kier alpha value is -3.82. The van der Waals surface area contributed by atoms with Gasteiger partial charge < -0.3 is 15.7 Å². The summed E-state index contributed by atoms with van der Waals surface area (Å²) in [5.74, 6) is 0.502. The molecule has 37 heavy (non-hydrogen) atoms. The van der Waals surface area contributed by atoms with Crippen LogP contribution in [0.2, 0.25) is 0 Å². The molecule has 1 fully saturated rings. The van der Waals surface area contributed by atoms with Crippen molar-refractivity contribution in [3.05, 3.63) is 77.1 Å². The number of aliphatic hydroxyl groups excluding tert-OH is 1. The van der Waals surface area contributed by atoms with Crippen molar-refractivity contribution < 1.29 is 9.90 Å². The molecule has 1 saturated heterocycles. The van der Waals surface area contributed by atoms with E-state index in [2.05, 4.69) is 30.6 Å². The number of benzene rings is 2. The number of nitrogens with zero attached hydrogens (tertiary/aromatic N) is 5. The van der Waals surface area contributed by atoms with Crippen LogP contribution in [0.1, 0.15) is 53.4 Å². The lowest BCUT2D eigenvalue weighted by Crippen LogP contribution is -2.22. The first kappa shape index (κ1) is 24.9. The Morgan fingerprint density at radius 2 is 2.11 bits per heavy atom. The zero-order chi connectivity index (χ0) is 25.9. The van der Waals surface area contributed by atoms with Gasteiger partial charge in [-0.1, -0.05) is 18.2 Å². The highest BCUT2D eigenvalue weighted by Gasteiger charge is 2.21. The zero-order valence-corrected chi connectivity index (χ0v) is 21.5. The summed E-state index contributed by atoms with van der Waals surface area (Å²) in [5, 5.41) is 20.6. The molecule has 2 aromatic heterocycles. The molecule has 9 heteroatoms. The van der Waals surface area contributed by atoms with Gasteiger partial charge in [-0.05, 0) is 68.1 Å². The molecule has 4 aromatic rings. The Morgan fingerprint density at radius 1 is 1.24 bits per heavy atom. The monoisotopic (exact) mass is 499 g/mol. The number of nitrogens with one attached hydrogen (secondary N) is 2. The number of aromatic nitrogens is 4. The Morgan fingerprint density at radius 3 is 2.86 bits per heavy atom. The van der Waals surface area contributed by atoms with E-state index in [0.29, 0.717) is 23.6 Å². The van der Waals surface area contributed by atoms with Crippen LogP contribution in [0.25, 0.3) is 11.2 Å². The van der Waals surface area contributed by atoms with Gasteiger partial charge in [-0.2, -0.15) is 5.10 Å². The summed E-state index contributed by atoms with van der Waals surface area (Å²) in [7, 11) is 0. The number of aliphatic hydroxyl groups is 1. The first-order valence-corrected chi connectivity index (χ1v) is 12.8. The Balaban J connectivity index is 1.23. The van der Waals surface area contributed by atoms with Gasteiger partial charge in [-0.3, -0.25) is 14.4 Å². The van der Waals surface area contributed by atoms with Crippen molar-refractivity contribution in [2.24, 2.45) is 0 Å². The number of amides is 1. The van der Waals surface area contributed by atoms with Gasteiger partial charge in [0.2, 0.25) is 5.65 Å². The Labute approximate surface area is 216 Å². The van der Waals surface area contributed by atoms with Crippen LogP contribution in [0.15, 0.2) is 54.9 Å². The highest BCUT2D eigenvalue weighted by molar-refractivity contribution is 6.04. The molecule has 192 valence electrons. The highest BCUT2D eigenvalue weighted by Crippen LogP contribution is 2.23. The second-order valence-electron chi connectivity index (χ2n) is 9.71. The van der Waals surface area contributed by atoms with Gasteiger partial charge in [-0.25, -0.2) is 9.97 Å². The van der Waals surface area contributed by atoms with Crippen molar-refractivity contribution in [2.45, 2.75) is 52.4 Å². The third-order valence-corrected chi connectivity index (χ3v) is 6.85. The van der Waals surface area contributed by atoms with E-state index in [9.17, 15) is 9.90 Å². The van der Waals surface area contributed by atoms with Gasteiger partial charge in [0.05, 0.1) is 24.5 Å². The van der Waals surface area contributed by atoms with Crippen molar-refractivity contribution in [2.75, 3.05) is 23.7 Å². The number of β-amino-alcohol motifs (C(OH)–C–C–N with tert-alkyl or cyclic N) is 1. The van der Waals surface area contributed by atoms with Gasteiger partial charge >= 0.3 is 0 Å². The number of hydrogen-bond acceptors (Lipinski definition) is 7. The number of rotatable bonds is 8. The van der Waals surface area contributed by atoms with Crippen molar-refractivity contribution in [1.82, 2.24) is 24.6 Å². The predicted molar refractivity (Wildman–Crippen MR) is 145 cm³/mol. The van der Waals surface area contributed by atoms with Gasteiger partial charge in [-0.15, -0.1) is 0 Å². The maximum Gasteiger partial charge on any atom is 0.255 e. The molecular formula is C28H33N7O2. The number of carbonyl (C=O) groups is 1. The van der Waals surface area contributed by atoms with Gasteiger partial charge in [0.15, 0.2) is 0 Å². The molecule has 9 nitrogen and oxygen atoms in total. The van der Waals surface area contributed by atoms with Crippen LogP contribution in [0.5, 0.6) is 0 Å². The number of anilines is 2. The Kier molecular flexibility index (Phi) is 7.16. The van der Waals surface area contributed by atoms with Gasteiger partial charge in [0.25, 0.3) is 5.91 Å². The third kappa shape index (κ3) is 5.79. The lowest BCUT2D eigenvalue weighted by atomic mass is 10.0. The summed E-state index contributed by atoms with van der Waals surface area (Å²) < 4.78 is 1.82. The van der Waals surface area contributed by atoms with Crippen LogP contribution < -0.4 is 10.6 Å². The fourth-order valence-corrected chi connectivity index (χ4v) is 4.68. The van der Waals surface area contributed by atoms with E-state index in [4.69, 9.17) is 0 Å². The van der Waals surface area contributed by atoms with Crippen LogP contribution in [0.4, 0.5) is 11.5 Å². The summed E-state index contributed by atoms with van der Waals surface area (Å²) >= 11 is 0. The molecule has 1 amide bonds. The molecule has 0 unspecified atom stereocenters. The minimum absolute atomic E-state index is 0.0532. The molecular weight excluding hydrogens is 466 g/mol.